The van der Waals surface area contributed by atoms with Gasteiger partial charge in [-0.15, -0.1) is 0 Å². The molecule has 162 valence electrons. The van der Waals surface area contributed by atoms with Gasteiger partial charge in [0, 0.05) is 25.0 Å². The van der Waals surface area contributed by atoms with Gasteiger partial charge in [-0.3, -0.25) is 4.79 Å². The number of nitrogens with zero attached hydrogens (tertiary/aromatic N) is 4. The first-order valence-corrected chi connectivity index (χ1v) is 10.8. The molecule has 1 amide bonds. The van der Waals surface area contributed by atoms with Gasteiger partial charge < -0.3 is 10.2 Å². The van der Waals surface area contributed by atoms with E-state index < -0.39 is 11.5 Å². The quantitative estimate of drug-likeness (QED) is 0.620. The lowest BCUT2D eigenvalue weighted by Gasteiger charge is -2.48. The summed E-state index contributed by atoms with van der Waals surface area (Å²) in [6.07, 6.45) is 3.08. The Morgan fingerprint density at radius 3 is 2.65 bits per heavy atom. The molecule has 2 fully saturated rings. The number of halogens is 3. The summed E-state index contributed by atoms with van der Waals surface area (Å²) >= 11 is 12.0. The highest BCUT2D eigenvalue weighted by Gasteiger charge is 2.40. The fourth-order valence-corrected chi connectivity index (χ4v) is 4.70. The van der Waals surface area contributed by atoms with Gasteiger partial charge in [-0.2, -0.15) is 5.10 Å². The number of fused-ring (bicyclic) bond motifs is 1. The van der Waals surface area contributed by atoms with Crippen molar-refractivity contribution in [1.82, 2.24) is 29.8 Å². The van der Waals surface area contributed by atoms with Gasteiger partial charge in [0.1, 0.15) is 11.5 Å². The molecule has 0 aliphatic carbocycles. The zero-order valence-corrected chi connectivity index (χ0v) is 17.9. The average Bonchev–Trinajstić information content (AvgIpc) is 3.05. The Balaban J connectivity index is 1.41. The van der Waals surface area contributed by atoms with Crippen LogP contribution < -0.4 is 11.0 Å². The number of carbonyl (C=O) groups is 1. The maximum absolute atomic E-state index is 14.5. The largest absolute Gasteiger partial charge is 0.348 e. The van der Waals surface area contributed by atoms with Crippen molar-refractivity contribution < 1.29 is 9.18 Å². The second-order valence-electron chi connectivity index (χ2n) is 8.07. The van der Waals surface area contributed by atoms with Crippen LogP contribution in [0.3, 0.4) is 0 Å². The minimum Gasteiger partial charge on any atom is -0.338 e. The summed E-state index contributed by atoms with van der Waals surface area (Å²) in [4.78, 5) is 30.8. The molecule has 4 heterocycles. The number of nitrogens with one attached hydrogen (secondary N) is 2. The number of rotatable bonds is 3. The third-order valence-corrected chi connectivity index (χ3v) is 6.98. The summed E-state index contributed by atoms with van der Waals surface area (Å²) in [6, 6.07) is 4.38. The zero-order valence-electron chi connectivity index (χ0n) is 16.4. The SMILES string of the molecule is O=C(c1cc(Cc2n[nH]c(=O)n3c(Cl)c(Cl)nc23)ccc1F)N1CCC2(CCN2)CC1. The van der Waals surface area contributed by atoms with Crippen molar-refractivity contribution >= 4 is 34.8 Å². The van der Waals surface area contributed by atoms with Crippen molar-refractivity contribution in [3.05, 3.63) is 61.6 Å². The first kappa shape index (κ1) is 20.4. The number of imidazole rings is 1. The number of hydrogen-bond donors (Lipinski definition) is 2. The standard InChI is InChI=1S/C20H19Cl2FN6O2/c21-15-16(22)29-17(25-15)14(26-27-19(29)31)10-11-1-2-13(23)12(9-11)18(30)28-7-4-20(5-8-28)3-6-24-20/h1-2,9,24H,3-8,10H2,(H,27,31). The Bertz CT molecular complexity index is 1240. The lowest BCUT2D eigenvalue weighted by atomic mass is 9.79. The molecule has 1 spiro atoms. The average molecular weight is 465 g/mol. The van der Waals surface area contributed by atoms with Crippen molar-refractivity contribution in [2.24, 2.45) is 0 Å². The summed E-state index contributed by atoms with van der Waals surface area (Å²) in [5.74, 6) is -0.887. The molecule has 3 aromatic rings. The third kappa shape index (κ3) is 3.50. The van der Waals surface area contributed by atoms with Crippen LogP contribution >= 0.6 is 23.2 Å². The second kappa shape index (κ2) is 7.58. The molecule has 0 saturated carbocycles. The van der Waals surface area contributed by atoms with Crippen LogP contribution in [0.5, 0.6) is 0 Å². The van der Waals surface area contributed by atoms with E-state index in [-0.39, 0.29) is 39.4 Å². The summed E-state index contributed by atoms with van der Waals surface area (Å²) < 4.78 is 15.7. The van der Waals surface area contributed by atoms with E-state index in [9.17, 15) is 14.0 Å². The summed E-state index contributed by atoms with van der Waals surface area (Å²) in [7, 11) is 0. The van der Waals surface area contributed by atoms with Crippen molar-refractivity contribution in [3.8, 4) is 0 Å². The molecule has 0 atom stereocenters. The topological polar surface area (TPSA) is 95.4 Å². The van der Waals surface area contributed by atoms with Gasteiger partial charge in [0.15, 0.2) is 16.0 Å². The van der Waals surface area contributed by atoms with Crippen LogP contribution in [-0.4, -0.2) is 55.6 Å². The minimum absolute atomic E-state index is 0.0136. The fourth-order valence-electron chi connectivity index (χ4n) is 4.34. The normalized spacial score (nSPS) is 17.8. The van der Waals surface area contributed by atoms with Gasteiger partial charge in [-0.05, 0) is 43.5 Å². The first-order valence-electron chi connectivity index (χ1n) is 10.0. The van der Waals surface area contributed by atoms with Gasteiger partial charge in [0.2, 0.25) is 0 Å². The Morgan fingerprint density at radius 2 is 1.97 bits per heavy atom. The molecule has 2 aromatic heterocycles. The van der Waals surface area contributed by atoms with Crippen LogP contribution in [0.25, 0.3) is 5.65 Å². The summed E-state index contributed by atoms with van der Waals surface area (Å²) in [5.41, 5.74) is 0.873. The number of carbonyl (C=O) groups excluding carboxylic acids is 1. The van der Waals surface area contributed by atoms with Gasteiger partial charge >= 0.3 is 5.69 Å². The van der Waals surface area contributed by atoms with Gasteiger partial charge in [-0.1, -0.05) is 29.3 Å². The highest BCUT2D eigenvalue weighted by Crippen LogP contribution is 2.32. The number of piperidine rings is 1. The number of benzene rings is 1. The van der Waals surface area contributed by atoms with Crippen LogP contribution in [-0.2, 0) is 6.42 Å². The lowest BCUT2D eigenvalue weighted by Crippen LogP contribution is -2.62. The van der Waals surface area contributed by atoms with Crippen LogP contribution in [0.15, 0.2) is 23.0 Å². The number of hydrogen-bond acceptors (Lipinski definition) is 5. The smallest absolute Gasteiger partial charge is 0.338 e. The molecule has 31 heavy (non-hydrogen) atoms. The molecule has 0 unspecified atom stereocenters. The number of H-pyrrole nitrogens is 1. The number of likely N-dealkylation sites (tertiary alicyclic amines) is 1. The molecule has 2 N–H and O–H groups in total. The van der Waals surface area contributed by atoms with E-state index in [2.05, 4.69) is 20.5 Å². The molecular formula is C20H19Cl2FN6O2. The third-order valence-electron chi connectivity index (χ3n) is 6.27. The molecule has 2 aliphatic heterocycles. The van der Waals surface area contributed by atoms with E-state index >= 15 is 0 Å². The van der Waals surface area contributed by atoms with E-state index in [0.717, 1.165) is 30.2 Å². The van der Waals surface area contributed by atoms with E-state index in [4.69, 9.17) is 23.2 Å². The Kier molecular flexibility index (Phi) is 4.99. The maximum atomic E-state index is 14.5. The van der Waals surface area contributed by atoms with Crippen molar-refractivity contribution in [1.29, 1.82) is 0 Å². The van der Waals surface area contributed by atoms with Gasteiger partial charge in [0.25, 0.3) is 5.91 Å². The van der Waals surface area contributed by atoms with Crippen molar-refractivity contribution in [2.75, 3.05) is 19.6 Å². The number of aromatic nitrogens is 4. The minimum atomic E-state index is -0.568. The lowest BCUT2D eigenvalue weighted by molar-refractivity contribution is 0.0537. The molecule has 2 aliphatic rings. The van der Waals surface area contributed by atoms with Crippen molar-refractivity contribution in [2.45, 2.75) is 31.2 Å². The van der Waals surface area contributed by atoms with Crippen molar-refractivity contribution in [3.63, 3.8) is 0 Å². The maximum Gasteiger partial charge on any atom is 0.348 e. The van der Waals surface area contributed by atoms with Crippen LogP contribution in [0, 0.1) is 5.82 Å². The van der Waals surface area contributed by atoms with Crippen LogP contribution in [0.1, 0.15) is 40.9 Å². The highest BCUT2D eigenvalue weighted by molar-refractivity contribution is 6.40. The number of aromatic amines is 1. The fraction of sp³-hybridized carbons (Fsp3) is 0.400. The van der Waals surface area contributed by atoms with E-state index in [0.29, 0.717) is 24.3 Å². The molecule has 5 rings (SSSR count). The Morgan fingerprint density at radius 1 is 1.23 bits per heavy atom. The zero-order chi connectivity index (χ0) is 21.8. The summed E-state index contributed by atoms with van der Waals surface area (Å²) in [6.45, 7) is 2.22. The van der Waals surface area contributed by atoms with Gasteiger partial charge in [-0.25, -0.2) is 23.7 Å². The van der Waals surface area contributed by atoms with E-state index in [1.54, 1.807) is 11.0 Å². The summed E-state index contributed by atoms with van der Waals surface area (Å²) in [5, 5.41) is 9.83. The molecule has 1 aromatic carbocycles. The highest BCUT2D eigenvalue weighted by atomic mass is 35.5. The first-order chi connectivity index (χ1) is 14.9. The van der Waals surface area contributed by atoms with Crippen LogP contribution in [0.2, 0.25) is 10.3 Å². The predicted molar refractivity (Wildman–Crippen MR) is 113 cm³/mol. The van der Waals surface area contributed by atoms with E-state index in [1.807, 2.05) is 0 Å². The Labute approximate surface area is 186 Å². The van der Waals surface area contributed by atoms with E-state index in [1.165, 1.54) is 12.1 Å². The molecule has 2 saturated heterocycles. The molecule has 11 heteroatoms. The predicted octanol–water partition coefficient (Wildman–Crippen LogP) is 2.42. The molecular weight excluding hydrogens is 446 g/mol. The van der Waals surface area contributed by atoms with Gasteiger partial charge in [0.05, 0.1) is 5.56 Å². The second-order valence-corrected chi connectivity index (χ2v) is 8.78. The van der Waals surface area contributed by atoms with Crippen LogP contribution in [0.4, 0.5) is 4.39 Å². The molecule has 0 bridgehead atoms. The Hall–Kier alpha value is -2.49. The molecule has 0 radical (unpaired) electrons. The molecule has 8 nitrogen and oxygen atoms in total. The number of amides is 1. The monoisotopic (exact) mass is 464 g/mol.